The maximum Gasteiger partial charge on any atom is 0.338 e. The van der Waals surface area contributed by atoms with Crippen LogP contribution in [0.25, 0.3) is 11.0 Å². The summed E-state index contributed by atoms with van der Waals surface area (Å²) in [6, 6.07) is 26.9. The minimum atomic E-state index is -1.18. The van der Waals surface area contributed by atoms with Crippen LogP contribution in [0.2, 0.25) is 0 Å². The summed E-state index contributed by atoms with van der Waals surface area (Å²) >= 11 is 3.54. The third kappa shape index (κ3) is 5.92. The largest absolute Gasteiger partial charge is 0.459 e. The number of ether oxygens (including phenoxy) is 4. The third-order valence-corrected chi connectivity index (χ3v) is 7.75. The molecule has 0 amide bonds. The van der Waals surface area contributed by atoms with Gasteiger partial charge in [-0.3, -0.25) is 0 Å². The molecule has 3 aromatic carbocycles. The number of carbonyl (C=O) groups is 3. The summed E-state index contributed by atoms with van der Waals surface area (Å²) in [7, 11) is 0. The first kappa shape index (κ1) is 29.1. The Bertz CT molecular complexity index is 1800. The Kier molecular flexibility index (Phi) is 8.40. The van der Waals surface area contributed by atoms with Crippen molar-refractivity contribution in [3.8, 4) is 0 Å². The second-order valence-electron chi connectivity index (χ2n) is 9.98. The molecule has 1 fully saturated rings. The van der Waals surface area contributed by atoms with Crippen LogP contribution in [0.1, 0.15) is 37.3 Å². The van der Waals surface area contributed by atoms with E-state index in [0.717, 1.165) is 0 Å². The monoisotopic (exact) mass is 655 g/mol. The maximum absolute atomic E-state index is 13.4. The maximum atomic E-state index is 13.4. The Morgan fingerprint density at radius 2 is 1.30 bits per heavy atom. The number of esters is 3. The molecule has 5 aromatic rings. The number of carbonyl (C=O) groups excluding carboxylic acids is 3. The van der Waals surface area contributed by atoms with Gasteiger partial charge in [0.2, 0.25) is 0 Å². The summed E-state index contributed by atoms with van der Waals surface area (Å²) in [5.74, 6) is -1.91. The first-order valence-electron chi connectivity index (χ1n) is 13.7. The predicted octanol–water partition coefficient (Wildman–Crippen LogP) is 5.59. The lowest BCUT2D eigenvalue weighted by Crippen LogP contribution is -2.41. The van der Waals surface area contributed by atoms with Crippen molar-refractivity contribution in [3.63, 3.8) is 0 Å². The summed E-state index contributed by atoms with van der Waals surface area (Å²) in [5.41, 5.74) is 8.07. The number of rotatable bonds is 8. The van der Waals surface area contributed by atoms with Crippen molar-refractivity contribution in [3.05, 3.63) is 131 Å². The van der Waals surface area contributed by atoms with Gasteiger partial charge < -0.3 is 29.2 Å². The molecule has 3 heterocycles. The fraction of sp³-hybridized carbons (Fsp3) is 0.152. The van der Waals surface area contributed by atoms with Gasteiger partial charge in [0.15, 0.2) is 18.4 Å². The Hall–Kier alpha value is -5.00. The summed E-state index contributed by atoms with van der Waals surface area (Å²) in [6.45, 7) is -0.299. The van der Waals surface area contributed by atoms with Crippen LogP contribution in [0.5, 0.6) is 0 Å². The van der Waals surface area contributed by atoms with Crippen LogP contribution < -0.4 is 5.73 Å². The molecule has 0 aliphatic carbocycles. The van der Waals surface area contributed by atoms with E-state index in [1.54, 1.807) is 114 Å². The summed E-state index contributed by atoms with van der Waals surface area (Å²) in [5, 5.41) is 0.626. The molecule has 0 spiro atoms. The molecular formula is C33H26BrN3O7. The lowest BCUT2D eigenvalue weighted by Gasteiger charge is -2.25. The fourth-order valence-electron chi connectivity index (χ4n) is 5.03. The Labute approximate surface area is 260 Å². The molecule has 1 aliphatic heterocycles. The highest BCUT2D eigenvalue weighted by Crippen LogP contribution is 2.40. The van der Waals surface area contributed by atoms with Crippen molar-refractivity contribution in [2.45, 2.75) is 24.5 Å². The van der Waals surface area contributed by atoms with E-state index >= 15 is 0 Å². The Morgan fingerprint density at radius 3 is 1.86 bits per heavy atom. The number of anilines is 1. The van der Waals surface area contributed by atoms with Crippen LogP contribution in [-0.2, 0) is 18.9 Å². The van der Waals surface area contributed by atoms with E-state index in [1.165, 1.54) is 0 Å². The van der Waals surface area contributed by atoms with E-state index in [-0.39, 0.29) is 12.2 Å². The lowest BCUT2D eigenvalue weighted by molar-refractivity contribution is -0.0604. The molecule has 4 atom stereocenters. The zero-order chi connectivity index (χ0) is 30.6. The first-order chi connectivity index (χ1) is 21.4. The standard InChI is InChI=1S/C33H26BrN3O7/c34-23-18-37(29-26(23)24(35)16-17-36-29)30-28(44-33(40)22-14-8-3-9-15-22)27(43-32(39)21-12-6-2-7-13-21)25(42-30)19-41-31(38)20-10-4-1-5-11-20/h1-18,25,27-28,30H,19H2,(H2,35,36)/t25-,27-,28-,30-/m1/s1. The van der Waals surface area contributed by atoms with Gasteiger partial charge in [0, 0.05) is 22.6 Å². The molecule has 6 rings (SSSR count). The van der Waals surface area contributed by atoms with Gasteiger partial charge in [-0.2, -0.15) is 0 Å². The molecule has 0 radical (unpaired) electrons. The SMILES string of the molecule is Nc1ccnc2c1c(Br)cn2[C@@H]1O[C@H](COC(=O)c2ccccc2)[C@@H](OC(=O)c2ccccc2)[C@H]1OC(=O)c1ccccc1. The molecule has 0 unspecified atom stereocenters. The first-order valence-corrected chi connectivity index (χ1v) is 14.5. The van der Waals surface area contributed by atoms with Gasteiger partial charge in [-0.1, -0.05) is 54.6 Å². The quantitative estimate of drug-likeness (QED) is 0.168. The van der Waals surface area contributed by atoms with E-state index in [1.807, 2.05) is 0 Å². The fourth-order valence-corrected chi connectivity index (χ4v) is 5.66. The molecule has 2 N–H and O–H groups in total. The number of halogens is 1. The van der Waals surface area contributed by atoms with Gasteiger partial charge in [-0.15, -0.1) is 0 Å². The van der Waals surface area contributed by atoms with Crippen molar-refractivity contribution < 1.29 is 33.3 Å². The van der Waals surface area contributed by atoms with Gasteiger partial charge in [0.05, 0.1) is 22.1 Å². The van der Waals surface area contributed by atoms with Gasteiger partial charge in [0.1, 0.15) is 18.4 Å². The summed E-state index contributed by atoms with van der Waals surface area (Å²) in [4.78, 5) is 44.1. The number of aromatic nitrogens is 2. The average Bonchev–Trinajstić information content (AvgIpc) is 3.57. The van der Waals surface area contributed by atoms with Gasteiger partial charge in [0.25, 0.3) is 0 Å². The highest BCUT2D eigenvalue weighted by Gasteiger charge is 2.51. The van der Waals surface area contributed by atoms with E-state index < -0.39 is 42.4 Å². The van der Waals surface area contributed by atoms with Crippen molar-refractivity contribution in [2.75, 3.05) is 12.3 Å². The minimum Gasteiger partial charge on any atom is -0.459 e. The number of nitrogens with zero attached hydrogens (tertiary/aromatic N) is 2. The molecule has 10 nitrogen and oxygen atoms in total. The molecule has 11 heteroatoms. The summed E-state index contributed by atoms with van der Waals surface area (Å²) < 4.78 is 26.4. The van der Waals surface area contributed by atoms with Crippen molar-refractivity contribution in [2.24, 2.45) is 0 Å². The smallest absolute Gasteiger partial charge is 0.338 e. The van der Waals surface area contributed by atoms with Crippen LogP contribution >= 0.6 is 15.9 Å². The Balaban J connectivity index is 1.39. The molecule has 1 aliphatic rings. The van der Waals surface area contributed by atoms with E-state index in [9.17, 15) is 14.4 Å². The molecule has 44 heavy (non-hydrogen) atoms. The predicted molar refractivity (Wildman–Crippen MR) is 164 cm³/mol. The number of nitrogens with two attached hydrogens (primary N) is 1. The second-order valence-corrected chi connectivity index (χ2v) is 10.8. The summed E-state index contributed by atoms with van der Waals surface area (Å²) in [6.07, 6.45) is -1.17. The number of hydrogen-bond donors (Lipinski definition) is 1. The van der Waals surface area contributed by atoms with Gasteiger partial charge in [-0.05, 0) is 58.4 Å². The van der Waals surface area contributed by atoms with E-state index in [2.05, 4.69) is 20.9 Å². The molecule has 0 bridgehead atoms. The average molecular weight is 656 g/mol. The Morgan fingerprint density at radius 1 is 0.773 bits per heavy atom. The number of hydrogen-bond acceptors (Lipinski definition) is 9. The highest BCUT2D eigenvalue weighted by molar-refractivity contribution is 9.10. The van der Waals surface area contributed by atoms with E-state index in [4.69, 9.17) is 24.7 Å². The van der Waals surface area contributed by atoms with Crippen molar-refractivity contribution in [1.82, 2.24) is 9.55 Å². The second kappa shape index (κ2) is 12.7. The van der Waals surface area contributed by atoms with Crippen LogP contribution in [0.15, 0.2) is 114 Å². The third-order valence-electron chi connectivity index (χ3n) is 7.15. The molecule has 222 valence electrons. The van der Waals surface area contributed by atoms with Gasteiger partial charge in [-0.25, -0.2) is 19.4 Å². The molecule has 1 saturated heterocycles. The number of benzene rings is 3. The van der Waals surface area contributed by atoms with Crippen LogP contribution in [0.4, 0.5) is 5.69 Å². The van der Waals surface area contributed by atoms with E-state index in [0.29, 0.717) is 32.3 Å². The van der Waals surface area contributed by atoms with Crippen molar-refractivity contribution >= 4 is 50.6 Å². The normalized spacial score (nSPS) is 19.4. The van der Waals surface area contributed by atoms with Crippen LogP contribution in [0.3, 0.4) is 0 Å². The highest BCUT2D eigenvalue weighted by atomic mass is 79.9. The van der Waals surface area contributed by atoms with Crippen LogP contribution in [0, 0.1) is 0 Å². The number of fused-ring (bicyclic) bond motifs is 1. The van der Waals surface area contributed by atoms with Crippen LogP contribution in [-0.4, -0.2) is 52.4 Å². The van der Waals surface area contributed by atoms with Crippen molar-refractivity contribution in [1.29, 1.82) is 0 Å². The lowest BCUT2D eigenvalue weighted by atomic mass is 10.1. The zero-order valence-electron chi connectivity index (χ0n) is 23.1. The topological polar surface area (TPSA) is 132 Å². The minimum absolute atomic E-state index is 0.285. The zero-order valence-corrected chi connectivity index (χ0v) is 24.7. The molecule has 0 saturated carbocycles. The number of nitrogen functional groups attached to an aromatic ring is 1. The molecular weight excluding hydrogens is 630 g/mol. The number of pyridine rings is 1. The molecule has 2 aromatic heterocycles. The van der Waals surface area contributed by atoms with Gasteiger partial charge >= 0.3 is 17.9 Å².